The summed E-state index contributed by atoms with van der Waals surface area (Å²) in [6, 6.07) is 7.66. The number of anilines is 1. The Morgan fingerprint density at radius 3 is 2.65 bits per heavy atom. The van der Waals surface area contributed by atoms with Crippen molar-refractivity contribution in [3.8, 4) is 0 Å². The molecular formula is C20H25N3O2S. The highest BCUT2D eigenvalue weighted by atomic mass is 32.2. The number of hydrogen-bond donors (Lipinski definition) is 1. The van der Waals surface area contributed by atoms with Crippen LogP contribution in [0.15, 0.2) is 41.6 Å². The molecule has 6 heteroatoms. The number of ether oxygens (including phenoxy) is 1. The first-order valence-corrected chi connectivity index (χ1v) is 9.89. The summed E-state index contributed by atoms with van der Waals surface area (Å²) in [5.41, 5.74) is 1.14. The molecule has 1 amide bonds. The topological polar surface area (TPSA) is 64.1 Å². The molecule has 1 saturated heterocycles. The number of nitrogens with zero attached hydrogens (tertiary/aromatic N) is 2. The van der Waals surface area contributed by atoms with Gasteiger partial charge in [0.15, 0.2) is 0 Å². The Labute approximate surface area is 159 Å². The normalized spacial score (nSPS) is 17.3. The predicted octanol–water partition coefficient (Wildman–Crippen LogP) is 4.30. The standard InChI is InChI=1S/C20H25N3O2S/c1-20(2,3)19-21-11-14(12-22-19)23-18(24)16-8-4-5-9-17(16)26-13-15-7-6-10-25-15/h4-5,8-9,11-12,15H,6-7,10,13H2,1-3H3,(H,23,24)/t15-/m0/s1. The lowest BCUT2D eigenvalue weighted by Gasteiger charge is -2.16. The highest BCUT2D eigenvalue weighted by molar-refractivity contribution is 7.99. The van der Waals surface area contributed by atoms with Crippen LogP contribution in [0.1, 0.15) is 49.8 Å². The first-order chi connectivity index (χ1) is 12.4. The third-order valence-electron chi connectivity index (χ3n) is 4.16. The van der Waals surface area contributed by atoms with Crippen molar-refractivity contribution in [2.24, 2.45) is 0 Å². The van der Waals surface area contributed by atoms with Crippen LogP contribution in [0, 0.1) is 0 Å². The number of rotatable bonds is 5. The maximum Gasteiger partial charge on any atom is 0.256 e. The summed E-state index contributed by atoms with van der Waals surface area (Å²) in [6.07, 6.45) is 5.83. The Morgan fingerprint density at radius 2 is 2.00 bits per heavy atom. The fourth-order valence-corrected chi connectivity index (χ4v) is 3.84. The molecule has 0 radical (unpaired) electrons. The van der Waals surface area contributed by atoms with Gasteiger partial charge < -0.3 is 10.1 Å². The molecule has 0 saturated carbocycles. The molecule has 0 bridgehead atoms. The van der Waals surface area contributed by atoms with Gasteiger partial charge in [-0.3, -0.25) is 4.79 Å². The molecule has 0 spiro atoms. The van der Waals surface area contributed by atoms with Crippen molar-refractivity contribution < 1.29 is 9.53 Å². The average Bonchev–Trinajstić information content (AvgIpc) is 3.13. The molecule has 2 heterocycles. The van der Waals surface area contributed by atoms with Crippen LogP contribution >= 0.6 is 11.8 Å². The van der Waals surface area contributed by atoms with E-state index in [9.17, 15) is 4.79 Å². The van der Waals surface area contributed by atoms with Gasteiger partial charge in [0, 0.05) is 22.7 Å². The predicted molar refractivity (Wildman–Crippen MR) is 105 cm³/mol. The number of aromatic nitrogens is 2. The van der Waals surface area contributed by atoms with Gasteiger partial charge in [-0.15, -0.1) is 11.8 Å². The lowest BCUT2D eigenvalue weighted by atomic mass is 9.96. The van der Waals surface area contributed by atoms with Crippen LogP contribution < -0.4 is 5.32 Å². The lowest BCUT2D eigenvalue weighted by Crippen LogP contribution is -2.18. The molecule has 1 aromatic heterocycles. The van der Waals surface area contributed by atoms with E-state index in [2.05, 4.69) is 36.1 Å². The van der Waals surface area contributed by atoms with Crippen molar-refractivity contribution in [3.05, 3.63) is 48.0 Å². The molecular weight excluding hydrogens is 346 g/mol. The fourth-order valence-electron chi connectivity index (χ4n) is 2.72. The third kappa shape index (κ3) is 4.83. The number of carbonyl (C=O) groups is 1. The van der Waals surface area contributed by atoms with Crippen LogP contribution in [0.25, 0.3) is 0 Å². The second-order valence-electron chi connectivity index (χ2n) is 7.44. The molecule has 1 aliphatic rings. The fraction of sp³-hybridized carbons (Fsp3) is 0.450. The number of benzene rings is 1. The van der Waals surface area contributed by atoms with Gasteiger partial charge in [0.05, 0.1) is 29.7 Å². The minimum Gasteiger partial charge on any atom is -0.377 e. The molecule has 5 nitrogen and oxygen atoms in total. The monoisotopic (exact) mass is 371 g/mol. The van der Waals surface area contributed by atoms with Crippen molar-refractivity contribution in [1.82, 2.24) is 9.97 Å². The van der Waals surface area contributed by atoms with Gasteiger partial charge in [0.25, 0.3) is 5.91 Å². The summed E-state index contributed by atoms with van der Waals surface area (Å²) >= 11 is 1.67. The van der Waals surface area contributed by atoms with Crippen LogP contribution in [0.4, 0.5) is 5.69 Å². The zero-order valence-electron chi connectivity index (χ0n) is 15.5. The van der Waals surface area contributed by atoms with E-state index in [1.807, 2.05) is 24.3 Å². The highest BCUT2D eigenvalue weighted by Crippen LogP contribution is 2.27. The summed E-state index contributed by atoms with van der Waals surface area (Å²) in [5, 5.41) is 2.90. The van der Waals surface area contributed by atoms with Crippen molar-refractivity contribution in [3.63, 3.8) is 0 Å². The molecule has 26 heavy (non-hydrogen) atoms. The summed E-state index contributed by atoms with van der Waals surface area (Å²) in [6.45, 7) is 7.02. The minimum absolute atomic E-state index is 0.117. The molecule has 1 N–H and O–H groups in total. The van der Waals surface area contributed by atoms with Crippen molar-refractivity contribution >= 4 is 23.4 Å². The van der Waals surface area contributed by atoms with E-state index in [4.69, 9.17) is 4.74 Å². The average molecular weight is 372 g/mol. The van der Waals surface area contributed by atoms with Crippen molar-refractivity contribution in [2.45, 2.75) is 50.0 Å². The first-order valence-electron chi connectivity index (χ1n) is 8.91. The van der Waals surface area contributed by atoms with E-state index in [-0.39, 0.29) is 17.4 Å². The minimum atomic E-state index is -0.146. The zero-order valence-corrected chi connectivity index (χ0v) is 16.3. The maximum atomic E-state index is 12.7. The number of thioether (sulfide) groups is 1. The zero-order chi connectivity index (χ0) is 18.6. The molecule has 1 fully saturated rings. The highest BCUT2D eigenvalue weighted by Gasteiger charge is 2.19. The van der Waals surface area contributed by atoms with Gasteiger partial charge in [-0.1, -0.05) is 32.9 Å². The lowest BCUT2D eigenvalue weighted by molar-refractivity contribution is 0.102. The van der Waals surface area contributed by atoms with Crippen LogP contribution in [-0.4, -0.2) is 34.3 Å². The van der Waals surface area contributed by atoms with Gasteiger partial charge in [-0.05, 0) is 25.0 Å². The van der Waals surface area contributed by atoms with Gasteiger partial charge >= 0.3 is 0 Å². The summed E-state index contributed by atoms with van der Waals surface area (Å²) in [4.78, 5) is 22.4. The number of nitrogens with one attached hydrogen (secondary N) is 1. The van der Waals surface area contributed by atoms with Gasteiger partial charge in [-0.2, -0.15) is 0 Å². The van der Waals surface area contributed by atoms with Crippen LogP contribution in [0.2, 0.25) is 0 Å². The molecule has 2 aromatic rings. The largest absolute Gasteiger partial charge is 0.377 e. The van der Waals surface area contributed by atoms with E-state index >= 15 is 0 Å². The van der Waals surface area contributed by atoms with Gasteiger partial charge in [-0.25, -0.2) is 9.97 Å². The van der Waals surface area contributed by atoms with E-state index in [0.717, 1.165) is 35.9 Å². The Kier molecular flexibility index (Phi) is 5.94. The molecule has 1 aliphatic heterocycles. The Bertz CT molecular complexity index is 750. The maximum absolute atomic E-state index is 12.7. The smallest absolute Gasteiger partial charge is 0.256 e. The molecule has 138 valence electrons. The number of hydrogen-bond acceptors (Lipinski definition) is 5. The summed E-state index contributed by atoms with van der Waals surface area (Å²) < 4.78 is 5.67. The number of amides is 1. The van der Waals surface area contributed by atoms with E-state index in [0.29, 0.717) is 11.3 Å². The second kappa shape index (κ2) is 8.18. The summed E-state index contributed by atoms with van der Waals surface area (Å²) in [5.74, 6) is 1.48. The molecule has 0 unspecified atom stereocenters. The van der Waals surface area contributed by atoms with E-state index in [1.165, 1.54) is 0 Å². The Hall–Kier alpha value is -1.92. The van der Waals surface area contributed by atoms with Gasteiger partial charge in [0.2, 0.25) is 0 Å². The van der Waals surface area contributed by atoms with Crippen LogP contribution in [-0.2, 0) is 10.2 Å². The van der Waals surface area contributed by atoms with Gasteiger partial charge in [0.1, 0.15) is 5.82 Å². The molecule has 1 aromatic carbocycles. The van der Waals surface area contributed by atoms with Crippen LogP contribution in [0.3, 0.4) is 0 Å². The number of carbonyl (C=O) groups excluding carboxylic acids is 1. The van der Waals surface area contributed by atoms with E-state index < -0.39 is 0 Å². The Morgan fingerprint density at radius 1 is 1.27 bits per heavy atom. The van der Waals surface area contributed by atoms with Crippen molar-refractivity contribution in [2.75, 3.05) is 17.7 Å². The summed E-state index contributed by atoms with van der Waals surface area (Å²) in [7, 11) is 0. The van der Waals surface area contributed by atoms with Crippen molar-refractivity contribution in [1.29, 1.82) is 0 Å². The third-order valence-corrected chi connectivity index (χ3v) is 5.37. The second-order valence-corrected chi connectivity index (χ2v) is 8.50. The van der Waals surface area contributed by atoms with Crippen LogP contribution in [0.5, 0.6) is 0 Å². The molecule has 3 rings (SSSR count). The van der Waals surface area contributed by atoms with E-state index in [1.54, 1.807) is 24.2 Å². The SMILES string of the molecule is CC(C)(C)c1ncc(NC(=O)c2ccccc2SC[C@@H]2CCCO2)cn1. The quantitative estimate of drug-likeness (QED) is 0.794. The molecule has 0 aliphatic carbocycles. The molecule has 1 atom stereocenters. The Balaban J connectivity index is 1.67. The first kappa shape index (κ1) is 18.9.